The quantitative estimate of drug-likeness (QED) is 0.514. The number of hydrogen-bond acceptors (Lipinski definition) is 7. The lowest BCUT2D eigenvalue weighted by atomic mass is 10.0. The van der Waals surface area contributed by atoms with E-state index in [2.05, 4.69) is 50.4 Å². The molecular weight excluding hydrogens is 428 g/mol. The van der Waals surface area contributed by atoms with Crippen LogP contribution in [-0.2, 0) is 6.54 Å². The Hall–Kier alpha value is -2.68. The number of piperazine rings is 1. The fraction of sp³-hybridized carbons (Fsp3) is 0.435. The molecule has 3 aromatic rings. The average molecular weight is 459 g/mol. The van der Waals surface area contributed by atoms with Gasteiger partial charge in [0.1, 0.15) is 17.5 Å². The maximum Gasteiger partial charge on any atom is 0.173 e. The number of rotatable bonds is 8. The van der Waals surface area contributed by atoms with Crippen molar-refractivity contribution in [3.05, 3.63) is 65.5 Å². The molecule has 8 nitrogen and oxygen atoms in total. The van der Waals surface area contributed by atoms with Gasteiger partial charge in [0.25, 0.3) is 0 Å². The molecular formula is C23H31ClN6O2. The molecule has 1 aliphatic heterocycles. The molecule has 0 saturated carbocycles. The summed E-state index contributed by atoms with van der Waals surface area (Å²) >= 11 is 0. The van der Waals surface area contributed by atoms with Crippen LogP contribution in [0.2, 0.25) is 0 Å². The van der Waals surface area contributed by atoms with Gasteiger partial charge in [-0.1, -0.05) is 37.3 Å². The van der Waals surface area contributed by atoms with E-state index in [4.69, 9.17) is 9.47 Å². The number of benzene rings is 2. The molecule has 172 valence electrons. The first-order valence-electron chi connectivity index (χ1n) is 10.7. The number of halogens is 1. The zero-order chi connectivity index (χ0) is 21.6. The molecule has 0 spiro atoms. The summed E-state index contributed by atoms with van der Waals surface area (Å²) in [5.41, 5.74) is 2.20. The topological polar surface area (TPSA) is 68.5 Å². The lowest BCUT2D eigenvalue weighted by Crippen LogP contribution is -2.48. The molecule has 2 heterocycles. The summed E-state index contributed by atoms with van der Waals surface area (Å²) in [5.74, 6) is 2.35. The normalized spacial score (nSPS) is 15.7. The van der Waals surface area contributed by atoms with Gasteiger partial charge in [0, 0.05) is 37.8 Å². The van der Waals surface area contributed by atoms with Crippen molar-refractivity contribution in [3.63, 3.8) is 0 Å². The van der Waals surface area contributed by atoms with Crippen molar-refractivity contribution in [3.8, 4) is 11.5 Å². The van der Waals surface area contributed by atoms with Gasteiger partial charge < -0.3 is 14.4 Å². The lowest BCUT2D eigenvalue weighted by molar-refractivity contribution is 0.107. The van der Waals surface area contributed by atoms with E-state index in [0.717, 1.165) is 61.2 Å². The second kappa shape index (κ2) is 11.3. The Morgan fingerprint density at radius 1 is 0.969 bits per heavy atom. The van der Waals surface area contributed by atoms with Crippen molar-refractivity contribution in [1.82, 2.24) is 30.0 Å². The van der Waals surface area contributed by atoms with Gasteiger partial charge in [-0.15, -0.1) is 17.5 Å². The molecule has 1 fully saturated rings. The molecule has 9 heteroatoms. The Balaban J connectivity index is 0.00000289. The van der Waals surface area contributed by atoms with Gasteiger partial charge in [-0.05, 0) is 34.7 Å². The maximum absolute atomic E-state index is 5.76. The van der Waals surface area contributed by atoms with E-state index in [1.807, 2.05) is 35.0 Å². The minimum atomic E-state index is -0.112. The van der Waals surface area contributed by atoms with Gasteiger partial charge in [-0.25, -0.2) is 4.68 Å². The summed E-state index contributed by atoms with van der Waals surface area (Å²) in [7, 11) is 3.35. The summed E-state index contributed by atoms with van der Waals surface area (Å²) in [6.07, 6.45) is 0. The van der Waals surface area contributed by atoms with Crippen LogP contribution in [0.15, 0.2) is 48.5 Å². The highest BCUT2D eigenvalue weighted by Crippen LogP contribution is 2.36. The van der Waals surface area contributed by atoms with Crippen molar-refractivity contribution in [1.29, 1.82) is 0 Å². The molecule has 0 N–H and O–H groups in total. The van der Waals surface area contributed by atoms with Crippen LogP contribution < -0.4 is 9.47 Å². The third kappa shape index (κ3) is 5.20. The van der Waals surface area contributed by atoms with E-state index in [1.54, 1.807) is 14.2 Å². The van der Waals surface area contributed by atoms with Crippen LogP contribution in [0.4, 0.5) is 0 Å². The van der Waals surface area contributed by atoms with Gasteiger partial charge in [-0.3, -0.25) is 4.90 Å². The Morgan fingerprint density at radius 3 is 2.38 bits per heavy atom. The van der Waals surface area contributed by atoms with Gasteiger partial charge in [0.15, 0.2) is 5.82 Å². The smallest absolute Gasteiger partial charge is 0.173 e. The van der Waals surface area contributed by atoms with Gasteiger partial charge in [0.05, 0.1) is 20.8 Å². The molecule has 0 radical (unpaired) electrons. The van der Waals surface area contributed by atoms with Crippen LogP contribution >= 0.6 is 12.4 Å². The van der Waals surface area contributed by atoms with Crippen molar-refractivity contribution in [2.45, 2.75) is 19.5 Å². The van der Waals surface area contributed by atoms with Crippen LogP contribution in [0.25, 0.3) is 0 Å². The van der Waals surface area contributed by atoms with E-state index in [0.29, 0.717) is 6.54 Å². The van der Waals surface area contributed by atoms with E-state index in [9.17, 15) is 0 Å². The fourth-order valence-corrected chi connectivity index (χ4v) is 4.16. The molecule has 2 aromatic carbocycles. The third-order valence-electron chi connectivity index (χ3n) is 5.93. The number of methoxy groups -OCH3 is 2. The largest absolute Gasteiger partial charge is 0.497 e. The zero-order valence-electron chi connectivity index (χ0n) is 18.8. The summed E-state index contributed by atoms with van der Waals surface area (Å²) in [6.45, 7) is 7.80. The molecule has 4 rings (SSSR count). The Kier molecular flexibility index (Phi) is 8.44. The Bertz CT molecular complexity index is 976. The summed E-state index contributed by atoms with van der Waals surface area (Å²) in [6, 6.07) is 16.1. The first kappa shape index (κ1) is 24.0. The molecule has 32 heavy (non-hydrogen) atoms. The molecule has 0 amide bonds. The first-order chi connectivity index (χ1) is 15.2. The van der Waals surface area contributed by atoms with Crippen molar-refractivity contribution >= 4 is 12.4 Å². The van der Waals surface area contributed by atoms with E-state index in [-0.39, 0.29) is 18.4 Å². The first-order valence-corrected chi connectivity index (χ1v) is 10.7. The number of likely N-dealkylation sites (N-methyl/N-ethyl adjacent to an activating group) is 1. The number of tetrazole rings is 1. The number of nitrogens with zero attached hydrogens (tertiary/aromatic N) is 6. The maximum atomic E-state index is 5.76. The number of aromatic nitrogens is 4. The van der Waals surface area contributed by atoms with Crippen LogP contribution in [-0.4, -0.2) is 77.0 Å². The van der Waals surface area contributed by atoms with Crippen molar-refractivity contribution in [2.24, 2.45) is 0 Å². The highest BCUT2D eigenvalue weighted by molar-refractivity contribution is 5.85. The van der Waals surface area contributed by atoms with E-state index < -0.39 is 0 Å². The average Bonchev–Trinajstić information content (AvgIpc) is 3.28. The minimum Gasteiger partial charge on any atom is -0.497 e. The van der Waals surface area contributed by atoms with Crippen LogP contribution in [0.3, 0.4) is 0 Å². The molecule has 1 aliphatic rings. The monoisotopic (exact) mass is 458 g/mol. The number of hydrogen-bond donors (Lipinski definition) is 0. The molecule has 0 bridgehead atoms. The van der Waals surface area contributed by atoms with E-state index in [1.165, 1.54) is 0 Å². The second-order valence-electron chi connectivity index (χ2n) is 7.66. The fourth-order valence-electron chi connectivity index (χ4n) is 4.16. The van der Waals surface area contributed by atoms with Crippen LogP contribution in [0, 0.1) is 0 Å². The predicted octanol–water partition coefficient (Wildman–Crippen LogP) is 2.89. The summed E-state index contributed by atoms with van der Waals surface area (Å²) < 4.78 is 13.1. The molecule has 1 saturated heterocycles. The van der Waals surface area contributed by atoms with Crippen molar-refractivity contribution in [2.75, 3.05) is 46.9 Å². The molecule has 1 aromatic heterocycles. The van der Waals surface area contributed by atoms with Gasteiger partial charge in [-0.2, -0.15) is 0 Å². The van der Waals surface area contributed by atoms with Gasteiger partial charge >= 0.3 is 0 Å². The van der Waals surface area contributed by atoms with Crippen LogP contribution in [0.1, 0.15) is 29.9 Å². The SMILES string of the molecule is CCN1CCN(C(c2ccc(OC)cc2OC)c2nnnn2Cc2ccccc2)CC1.Cl. The molecule has 1 unspecified atom stereocenters. The highest BCUT2D eigenvalue weighted by Gasteiger charge is 2.32. The van der Waals surface area contributed by atoms with Gasteiger partial charge in [0.2, 0.25) is 0 Å². The molecule has 0 aliphatic carbocycles. The second-order valence-corrected chi connectivity index (χ2v) is 7.66. The summed E-state index contributed by atoms with van der Waals surface area (Å²) in [5, 5.41) is 12.8. The predicted molar refractivity (Wildman–Crippen MR) is 126 cm³/mol. The molecule has 1 atom stereocenters. The Labute approximate surface area is 195 Å². The standard InChI is InChI=1S/C23H30N6O2.ClH/c1-4-27-12-14-28(15-13-27)22(20-11-10-19(30-2)16-21(20)31-3)23-24-25-26-29(23)17-18-8-6-5-7-9-18;/h5-11,16,22H,4,12-15,17H2,1-3H3;1H. The third-order valence-corrected chi connectivity index (χ3v) is 5.93. The minimum absolute atomic E-state index is 0. The highest BCUT2D eigenvalue weighted by atomic mass is 35.5. The zero-order valence-corrected chi connectivity index (χ0v) is 19.7. The number of ether oxygens (including phenoxy) is 2. The summed E-state index contributed by atoms with van der Waals surface area (Å²) in [4.78, 5) is 4.91. The van der Waals surface area contributed by atoms with Crippen LogP contribution in [0.5, 0.6) is 11.5 Å². The lowest BCUT2D eigenvalue weighted by Gasteiger charge is -2.38. The van der Waals surface area contributed by atoms with E-state index >= 15 is 0 Å². The van der Waals surface area contributed by atoms with Crippen molar-refractivity contribution < 1.29 is 9.47 Å². The Morgan fingerprint density at radius 2 is 1.72 bits per heavy atom.